The van der Waals surface area contributed by atoms with Crippen molar-refractivity contribution in [3.63, 3.8) is 0 Å². The molecule has 1 rings (SSSR count). The first-order valence-corrected chi connectivity index (χ1v) is 7.24. The number of rotatable bonds is 5. The number of hydrogen-bond donors (Lipinski definition) is 2. The Bertz CT molecular complexity index is 503. The first-order chi connectivity index (χ1) is 7.92. The molecule has 17 heavy (non-hydrogen) atoms. The van der Waals surface area contributed by atoms with E-state index < -0.39 is 10.0 Å². The van der Waals surface area contributed by atoms with Gasteiger partial charge in [0.15, 0.2) is 0 Å². The van der Waals surface area contributed by atoms with Crippen LogP contribution in [-0.2, 0) is 16.6 Å². The van der Waals surface area contributed by atoms with Gasteiger partial charge in [-0.2, -0.15) is 0 Å². The Morgan fingerprint density at radius 1 is 1.29 bits per heavy atom. The molecule has 0 aromatic heterocycles. The molecule has 4 nitrogen and oxygen atoms in total. The molecule has 2 N–H and O–H groups in total. The van der Waals surface area contributed by atoms with E-state index in [-0.39, 0.29) is 21.5 Å². The lowest BCUT2D eigenvalue weighted by molar-refractivity contribution is 0.281. The summed E-state index contributed by atoms with van der Waals surface area (Å²) in [6.07, 6.45) is 0.678. The number of aliphatic hydroxyl groups excluding tert-OH is 1. The fourth-order valence-electron chi connectivity index (χ4n) is 1.21. The highest BCUT2D eigenvalue weighted by Gasteiger charge is 2.19. The number of hydrogen-bond acceptors (Lipinski definition) is 3. The van der Waals surface area contributed by atoms with E-state index in [4.69, 9.17) is 28.3 Å². The summed E-state index contributed by atoms with van der Waals surface area (Å²) in [5.74, 6) is 0. The molecule has 0 saturated carbocycles. The molecule has 0 aliphatic heterocycles. The third-order valence-corrected chi connectivity index (χ3v) is 4.38. The van der Waals surface area contributed by atoms with E-state index in [0.717, 1.165) is 0 Å². The summed E-state index contributed by atoms with van der Waals surface area (Å²) in [5, 5.41) is 9.31. The van der Waals surface area contributed by atoms with Crippen molar-refractivity contribution < 1.29 is 13.5 Å². The second kappa shape index (κ2) is 6.02. The number of nitrogens with one attached hydrogen (secondary N) is 1. The van der Waals surface area contributed by atoms with E-state index in [1.54, 1.807) is 0 Å². The molecule has 0 spiro atoms. The SMILES string of the molecule is CCCNS(=O)(=O)c1cc(CO)c(Cl)cc1Cl. The molecule has 0 amide bonds. The lowest BCUT2D eigenvalue weighted by atomic mass is 10.2. The van der Waals surface area contributed by atoms with Crippen LogP contribution in [0.3, 0.4) is 0 Å². The van der Waals surface area contributed by atoms with Crippen molar-refractivity contribution in [3.05, 3.63) is 27.7 Å². The monoisotopic (exact) mass is 297 g/mol. The fourth-order valence-corrected chi connectivity index (χ4v) is 3.20. The van der Waals surface area contributed by atoms with E-state index in [1.807, 2.05) is 6.92 Å². The van der Waals surface area contributed by atoms with Crippen LogP contribution < -0.4 is 4.72 Å². The van der Waals surface area contributed by atoms with Crippen LogP contribution in [0, 0.1) is 0 Å². The number of halogens is 2. The Morgan fingerprint density at radius 3 is 2.47 bits per heavy atom. The standard InChI is InChI=1S/C10H13Cl2NO3S/c1-2-3-13-17(15,16)10-4-7(6-14)8(11)5-9(10)12/h4-5,13-14H,2-3,6H2,1H3. The van der Waals surface area contributed by atoms with Crippen LogP contribution in [0.15, 0.2) is 17.0 Å². The first kappa shape index (κ1) is 14.7. The Balaban J connectivity index is 3.22. The molecule has 0 radical (unpaired) electrons. The van der Waals surface area contributed by atoms with Gasteiger partial charge in [0, 0.05) is 11.6 Å². The van der Waals surface area contributed by atoms with Gasteiger partial charge < -0.3 is 5.11 Å². The van der Waals surface area contributed by atoms with Crippen LogP contribution >= 0.6 is 23.2 Å². The van der Waals surface area contributed by atoms with Crippen LogP contribution in [0.25, 0.3) is 0 Å². The van der Waals surface area contributed by atoms with E-state index in [9.17, 15) is 8.42 Å². The highest BCUT2D eigenvalue weighted by Crippen LogP contribution is 2.28. The zero-order valence-electron chi connectivity index (χ0n) is 9.20. The molecule has 0 unspecified atom stereocenters. The van der Waals surface area contributed by atoms with E-state index in [0.29, 0.717) is 18.5 Å². The normalized spacial score (nSPS) is 11.8. The predicted molar refractivity (Wildman–Crippen MR) is 67.9 cm³/mol. The molecule has 1 aromatic rings. The van der Waals surface area contributed by atoms with Crippen molar-refractivity contribution in [3.8, 4) is 0 Å². The molecule has 7 heteroatoms. The molecule has 0 atom stereocenters. The second-order valence-electron chi connectivity index (χ2n) is 3.43. The Labute approximate surface area is 111 Å². The van der Waals surface area contributed by atoms with Gasteiger partial charge in [0.05, 0.1) is 11.6 Å². The summed E-state index contributed by atoms with van der Waals surface area (Å²) in [6.45, 7) is 1.84. The van der Waals surface area contributed by atoms with Crippen LogP contribution in [0.4, 0.5) is 0 Å². The highest BCUT2D eigenvalue weighted by molar-refractivity contribution is 7.89. The number of aliphatic hydroxyl groups is 1. The smallest absolute Gasteiger partial charge is 0.242 e. The average molecular weight is 298 g/mol. The van der Waals surface area contributed by atoms with Crippen LogP contribution in [0.1, 0.15) is 18.9 Å². The summed E-state index contributed by atoms with van der Waals surface area (Å²) < 4.78 is 26.1. The molecule has 0 saturated heterocycles. The number of benzene rings is 1. The quantitative estimate of drug-likeness (QED) is 0.875. The molecule has 96 valence electrons. The van der Waals surface area contributed by atoms with E-state index in [1.165, 1.54) is 12.1 Å². The summed E-state index contributed by atoms with van der Waals surface area (Å²) in [4.78, 5) is -0.0685. The second-order valence-corrected chi connectivity index (χ2v) is 5.98. The molecule has 0 heterocycles. The molecule has 0 bridgehead atoms. The lowest BCUT2D eigenvalue weighted by Gasteiger charge is -2.10. The first-order valence-electron chi connectivity index (χ1n) is 5.00. The van der Waals surface area contributed by atoms with Crippen molar-refractivity contribution in [2.24, 2.45) is 0 Å². The van der Waals surface area contributed by atoms with Gasteiger partial charge in [-0.1, -0.05) is 30.1 Å². The summed E-state index contributed by atoms with van der Waals surface area (Å²) >= 11 is 11.6. The zero-order chi connectivity index (χ0) is 13.1. The third kappa shape index (κ3) is 3.56. The Morgan fingerprint density at radius 2 is 1.94 bits per heavy atom. The van der Waals surface area contributed by atoms with Gasteiger partial charge >= 0.3 is 0 Å². The topological polar surface area (TPSA) is 66.4 Å². The van der Waals surface area contributed by atoms with Crippen LogP contribution in [0.2, 0.25) is 10.0 Å². The fraction of sp³-hybridized carbons (Fsp3) is 0.400. The van der Waals surface area contributed by atoms with Crippen molar-refractivity contribution in [1.29, 1.82) is 0 Å². The minimum atomic E-state index is -3.65. The van der Waals surface area contributed by atoms with Gasteiger partial charge in [0.1, 0.15) is 4.90 Å². The summed E-state index contributed by atoms with van der Waals surface area (Å²) in [7, 11) is -3.65. The average Bonchev–Trinajstić information content (AvgIpc) is 2.26. The zero-order valence-corrected chi connectivity index (χ0v) is 11.5. The number of sulfonamides is 1. The van der Waals surface area contributed by atoms with Gasteiger partial charge in [0.25, 0.3) is 0 Å². The van der Waals surface area contributed by atoms with Crippen molar-refractivity contribution in [2.75, 3.05) is 6.54 Å². The van der Waals surface area contributed by atoms with Gasteiger partial charge in [-0.05, 0) is 24.1 Å². The van der Waals surface area contributed by atoms with Gasteiger partial charge in [-0.3, -0.25) is 0 Å². The molecule has 0 fully saturated rings. The molecule has 0 aliphatic rings. The highest BCUT2D eigenvalue weighted by atomic mass is 35.5. The molecule has 0 aliphatic carbocycles. The van der Waals surface area contributed by atoms with Gasteiger partial charge in [-0.25, -0.2) is 13.1 Å². The van der Waals surface area contributed by atoms with Crippen molar-refractivity contribution in [2.45, 2.75) is 24.8 Å². The maximum absolute atomic E-state index is 11.9. The van der Waals surface area contributed by atoms with E-state index in [2.05, 4.69) is 4.72 Å². The van der Waals surface area contributed by atoms with Crippen molar-refractivity contribution in [1.82, 2.24) is 4.72 Å². The Hall–Kier alpha value is -0.330. The largest absolute Gasteiger partial charge is 0.392 e. The maximum Gasteiger partial charge on any atom is 0.242 e. The molecular weight excluding hydrogens is 285 g/mol. The molecule has 1 aromatic carbocycles. The van der Waals surface area contributed by atoms with Crippen LogP contribution in [0.5, 0.6) is 0 Å². The lowest BCUT2D eigenvalue weighted by Crippen LogP contribution is -2.24. The van der Waals surface area contributed by atoms with Gasteiger partial charge in [-0.15, -0.1) is 0 Å². The Kier molecular flexibility index (Phi) is 5.22. The van der Waals surface area contributed by atoms with Gasteiger partial charge in [0.2, 0.25) is 10.0 Å². The van der Waals surface area contributed by atoms with Crippen molar-refractivity contribution >= 4 is 33.2 Å². The molecular formula is C10H13Cl2NO3S. The minimum Gasteiger partial charge on any atom is -0.392 e. The maximum atomic E-state index is 11.9. The predicted octanol–water partition coefficient (Wildman–Crippen LogP) is 2.17. The van der Waals surface area contributed by atoms with E-state index >= 15 is 0 Å². The third-order valence-electron chi connectivity index (χ3n) is 2.10. The summed E-state index contributed by atoms with van der Waals surface area (Å²) in [5.41, 5.74) is 0.327. The minimum absolute atomic E-state index is 0.0378. The summed E-state index contributed by atoms with van der Waals surface area (Å²) in [6, 6.07) is 2.60. The van der Waals surface area contributed by atoms with Crippen LogP contribution in [-0.4, -0.2) is 20.1 Å².